The fourth-order valence-corrected chi connectivity index (χ4v) is 3.19. The smallest absolute Gasteiger partial charge is 0.325 e. The van der Waals surface area contributed by atoms with E-state index in [0.717, 1.165) is 29.5 Å². The van der Waals surface area contributed by atoms with Crippen LogP contribution in [0.5, 0.6) is 0 Å². The predicted octanol–water partition coefficient (Wildman–Crippen LogP) is 5.32. The number of halogens is 4. The fourth-order valence-electron chi connectivity index (χ4n) is 2.37. The minimum absolute atomic E-state index is 0.0115. The number of hydrogen-bond acceptors (Lipinski definition) is 6. The molecule has 0 aliphatic heterocycles. The molecular weight excluding hydrogens is 465 g/mol. The normalized spacial score (nSPS) is 11.9. The predicted molar refractivity (Wildman–Crippen MR) is 120 cm³/mol. The van der Waals surface area contributed by atoms with Gasteiger partial charge in [0, 0.05) is 11.9 Å². The van der Waals surface area contributed by atoms with Gasteiger partial charge in [-0.25, -0.2) is 10.5 Å². The van der Waals surface area contributed by atoms with Crippen LogP contribution in [-0.2, 0) is 11.0 Å². The molecule has 0 saturated heterocycles. The monoisotopic (exact) mass is 480 g/mol. The summed E-state index contributed by atoms with van der Waals surface area (Å²) in [6.07, 6.45) is 0.551. The molecule has 0 spiro atoms. The molecule has 0 unspecified atom stereocenters. The van der Waals surface area contributed by atoms with Crippen molar-refractivity contribution in [2.75, 3.05) is 16.5 Å². The van der Waals surface area contributed by atoms with Crippen LogP contribution in [0.3, 0.4) is 0 Å². The first-order valence-corrected chi connectivity index (χ1v) is 10.4. The molecule has 12 heteroatoms. The van der Waals surface area contributed by atoms with Gasteiger partial charge in [0.1, 0.15) is 0 Å². The van der Waals surface area contributed by atoms with Gasteiger partial charge >= 0.3 is 6.18 Å². The van der Waals surface area contributed by atoms with Crippen LogP contribution in [0.25, 0.3) is 6.08 Å². The van der Waals surface area contributed by atoms with Crippen molar-refractivity contribution in [3.05, 3.63) is 70.8 Å². The van der Waals surface area contributed by atoms with Crippen molar-refractivity contribution < 1.29 is 18.0 Å². The molecule has 1 heterocycles. The van der Waals surface area contributed by atoms with Gasteiger partial charge in [-0.1, -0.05) is 59.8 Å². The summed E-state index contributed by atoms with van der Waals surface area (Å²) < 4.78 is 38.7. The summed E-state index contributed by atoms with van der Waals surface area (Å²) >= 11 is 6.57. The summed E-state index contributed by atoms with van der Waals surface area (Å²) in [5.74, 6) is -0.358. The molecule has 1 amide bonds. The van der Waals surface area contributed by atoms with Crippen molar-refractivity contribution in [2.45, 2.75) is 11.3 Å². The first-order valence-electron chi connectivity index (χ1n) is 9.04. The molecule has 2 aromatic carbocycles. The van der Waals surface area contributed by atoms with Crippen molar-refractivity contribution in [3.63, 3.8) is 0 Å². The van der Waals surface area contributed by atoms with E-state index in [2.05, 4.69) is 31.0 Å². The number of alkyl halides is 3. The molecule has 0 fully saturated rings. The van der Waals surface area contributed by atoms with Crippen molar-refractivity contribution >= 4 is 53.2 Å². The van der Waals surface area contributed by atoms with Crippen LogP contribution in [0.1, 0.15) is 11.1 Å². The molecule has 3 rings (SSSR count). The maximum Gasteiger partial charge on any atom is 0.417 e. The second-order valence-electron chi connectivity index (χ2n) is 6.16. The van der Waals surface area contributed by atoms with Crippen molar-refractivity contribution in [3.8, 4) is 0 Å². The van der Waals surface area contributed by atoms with Crippen LogP contribution < -0.4 is 10.7 Å². The molecule has 32 heavy (non-hydrogen) atoms. The topological polar surface area (TPSA) is 95.1 Å². The van der Waals surface area contributed by atoms with E-state index in [1.54, 1.807) is 6.08 Å². The van der Waals surface area contributed by atoms with Crippen molar-refractivity contribution in [1.29, 1.82) is 0 Å². The SMILES string of the molecule is O=C(CSc1n[nH]c(N/N=C/C=C/c2ccccc2)n1)Nc1ccc(Cl)c(C(F)(F)F)c1. The first-order chi connectivity index (χ1) is 15.3. The molecule has 3 N–H and O–H groups in total. The Morgan fingerprint density at radius 3 is 2.75 bits per heavy atom. The molecule has 3 aromatic rings. The van der Waals surface area contributed by atoms with E-state index in [4.69, 9.17) is 11.6 Å². The Morgan fingerprint density at radius 2 is 2.00 bits per heavy atom. The van der Waals surface area contributed by atoms with Crippen LogP contribution >= 0.6 is 23.4 Å². The zero-order valence-electron chi connectivity index (χ0n) is 16.2. The van der Waals surface area contributed by atoms with E-state index in [9.17, 15) is 18.0 Å². The third-order valence-corrected chi connectivity index (χ3v) is 4.95. The molecule has 0 radical (unpaired) electrons. The van der Waals surface area contributed by atoms with Crippen molar-refractivity contribution in [1.82, 2.24) is 15.2 Å². The van der Waals surface area contributed by atoms with Gasteiger partial charge in [0.05, 0.1) is 16.3 Å². The van der Waals surface area contributed by atoms with Gasteiger partial charge in [0.25, 0.3) is 0 Å². The quantitative estimate of drug-likeness (QED) is 0.230. The first kappa shape index (κ1) is 23.4. The highest BCUT2D eigenvalue weighted by Crippen LogP contribution is 2.36. The maximum absolute atomic E-state index is 12.9. The third kappa shape index (κ3) is 7.13. The van der Waals surface area contributed by atoms with Crippen LogP contribution in [0.4, 0.5) is 24.8 Å². The van der Waals surface area contributed by atoms with E-state index in [-0.39, 0.29) is 22.5 Å². The Kier molecular flexibility index (Phi) is 7.90. The molecule has 1 aromatic heterocycles. The number of hydrazone groups is 1. The number of H-pyrrole nitrogens is 1. The largest absolute Gasteiger partial charge is 0.417 e. The zero-order valence-corrected chi connectivity index (χ0v) is 17.8. The molecule has 7 nitrogen and oxygen atoms in total. The lowest BCUT2D eigenvalue weighted by Gasteiger charge is -2.11. The summed E-state index contributed by atoms with van der Waals surface area (Å²) in [4.78, 5) is 16.1. The van der Waals surface area contributed by atoms with Crippen molar-refractivity contribution in [2.24, 2.45) is 5.10 Å². The van der Waals surface area contributed by atoms with Gasteiger partial charge in [0.15, 0.2) is 0 Å². The minimum atomic E-state index is -4.62. The van der Waals surface area contributed by atoms with Gasteiger partial charge in [-0.15, -0.1) is 5.10 Å². The fraction of sp³-hybridized carbons (Fsp3) is 0.100. The second-order valence-corrected chi connectivity index (χ2v) is 7.51. The molecule has 0 aliphatic carbocycles. The number of nitrogens with one attached hydrogen (secondary N) is 3. The van der Waals surface area contributed by atoms with Gasteiger partial charge in [-0.05, 0) is 29.8 Å². The number of aromatic amines is 1. The lowest BCUT2D eigenvalue weighted by atomic mass is 10.2. The minimum Gasteiger partial charge on any atom is -0.325 e. The third-order valence-electron chi connectivity index (χ3n) is 3.77. The Bertz CT molecular complexity index is 1120. The molecule has 166 valence electrons. The molecular formula is C20H16ClF3N6OS. The Morgan fingerprint density at radius 1 is 1.22 bits per heavy atom. The lowest BCUT2D eigenvalue weighted by molar-refractivity contribution is -0.137. The van der Waals surface area contributed by atoms with E-state index in [0.29, 0.717) is 0 Å². The summed E-state index contributed by atoms with van der Waals surface area (Å²) in [7, 11) is 0. The Labute approximate surface area is 190 Å². The number of aromatic nitrogens is 3. The highest BCUT2D eigenvalue weighted by atomic mass is 35.5. The Balaban J connectivity index is 1.46. The van der Waals surface area contributed by atoms with Gasteiger partial charge in [0.2, 0.25) is 17.0 Å². The number of allylic oxidation sites excluding steroid dienone is 1. The van der Waals surface area contributed by atoms with Crippen LogP contribution in [0.15, 0.2) is 64.9 Å². The van der Waals surface area contributed by atoms with E-state index in [1.807, 2.05) is 36.4 Å². The molecule has 0 atom stereocenters. The molecule has 0 bridgehead atoms. The average molecular weight is 481 g/mol. The Hall–Kier alpha value is -3.31. The molecule has 0 aliphatic rings. The number of thioether (sulfide) groups is 1. The number of anilines is 2. The van der Waals surface area contributed by atoms with Crippen LogP contribution in [-0.4, -0.2) is 33.1 Å². The number of carbonyl (C=O) groups excluding carboxylic acids is 1. The van der Waals surface area contributed by atoms with E-state index >= 15 is 0 Å². The highest BCUT2D eigenvalue weighted by Gasteiger charge is 2.33. The number of rotatable bonds is 8. The summed E-state index contributed by atoms with van der Waals surface area (Å²) in [6.45, 7) is 0. The number of hydrogen-bond donors (Lipinski definition) is 3. The lowest BCUT2D eigenvalue weighted by Crippen LogP contribution is -2.15. The van der Waals surface area contributed by atoms with E-state index < -0.39 is 22.7 Å². The number of carbonyl (C=O) groups is 1. The van der Waals surface area contributed by atoms with Gasteiger partial charge < -0.3 is 5.32 Å². The van der Waals surface area contributed by atoms with Gasteiger partial charge in [-0.3, -0.25) is 4.79 Å². The summed E-state index contributed by atoms with van der Waals surface area (Å²) in [6, 6.07) is 12.8. The highest BCUT2D eigenvalue weighted by molar-refractivity contribution is 7.99. The van der Waals surface area contributed by atoms with Gasteiger partial charge in [-0.2, -0.15) is 23.3 Å². The standard InChI is InChI=1S/C20H16ClF3N6OS/c21-16-9-8-14(11-15(16)20(22,23)24)26-17(31)12-32-19-27-18(29-30-19)28-25-10-4-7-13-5-2-1-3-6-13/h1-11H,12H2,(H,26,31)(H2,27,28,29,30)/b7-4+,25-10+. The maximum atomic E-state index is 12.9. The summed E-state index contributed by atoms with van der Waals surface area (Å²) in [5.41, 5.74) is 2.66. The number of amides is 1. The van der Waals surface area contributed by atoms with Crippen LogP contribution in [0, 0.1) is 0 Å². The number of benzene rings is 2. The zero-order chi connectivity index (χ0) is 23.0. The van der Waals surface area contributed by atoms with Crippen LogP contribution in [0.2, 0.25) is 5.02 Å². The molecule has 0 saturated carbocycles. The summed E-state index contributed by atoms with van der Waals surface area (Å²) in [5, 5.41) is 12.7. The number of nitrogens with zero attached hydrogens (tertiary/aromatic N) is 3. The van der Waals surface area contributed by atoms with E-state index in [1.165, 1.54) is 12.3 Å². The average Bonchev–Trinajstić information content (AvgIpc) is 3.21. The second kappa shape index (κ2) is 10.8.